The molecule has 1 aromatic carbocycles. The number of rotatable bonds is 1. The predicted molar refractivity (Wildman–Crippen MR) is 71.4 cm³/mol. The van der Waals surface area contributed by atoms with E-state index in [2.05, 4.69) is 4.98 Å². The van der Waals surface area contributed by atoms with Crippen molar-refractivity contribution in [3.05, 3.63) is 37.5 Å². The van der Waals surface area contributed by atoms with E-state index in [-0.39, 0.29) is 5.69 Å². The molecule has 0 amide bonds. The zero-order valence-corrected chi connectivity index (χ0v) is 11.3. The molecule has 6 heteroatoms. The van der Waals surface area contributed by atoms with Gasteiger partial charge in [0.25, 0.3) is 0 Å². The zero-order chi connectivity index (χ0) is 11.9. The zero-order valence-electron chi connectivity index (χ0n) is 7.67. The second kappa shape index (κ2) is 4.35. The van der Waals surface area contributed by atoms with Crippen molar-refractivity contribution in [2.75, 3.05) is 0 Å². The molecular formula is C10H4Cl2INO2. The van der Waals surface area contributed by atoms with E-state index >= 15 is 0 Å². The van der Waals surface area contributed by atoms with Crippen molar-refractivity contribution in [2.45, 2.75) is 0 Å². The second-order valence-electron chi connectivity index (χ2n) is 3.08. The van der Waals surface area contributed by atoms with Crippen molar-refractivity contribution in [1.82, 2.24) is 4.98 Å². The van der Waals surface area contributed by atoms with Crippen LogP contribution in [0.2, 0.25) is 10.0 Å². The van der Waals surface area contributed by atoms with Gasteiger partial charge in [-0.25, -0.2) is 9.78 Å². The van der Waals surface area contributed by atoms with Crippen LogP contribution in [0.25, 0.3) is 10.9 Å². The SMILES string of the molecule is O=C(O)c1cc(Cl)c2cc(Cl)cc(I)c2n1. The van der Waals surface area contributed by atoms with Gasteiger partial charge in [0.2, 0.25) is 0 Å². The maximum absolute atomic E-state index is 10.8. The van der Waals surface area contributed by atoms with Gasteiger partial charge in [0.05, 0.1) is 10.5 Å². The van der Waals surface area contributed by atoms with Gasteiger partial charge < -0.3 is 5.11 Å². The molecule has 0 saturated heterocycles. The standard InChI is InChI=1S/C10H4Cl2INO2/c11-4-1-5-6(12)3-8(10(15)16)14-9(5)7(13)2-4/h1-3H,(H,15,16). The quantitative estimate of drug-likeness (QED) is 0.779. The van der Waals surface area contributed by atoms with Crippen molar-refractivity contribution < 1.29 is 9.90 Å². The molecule has 3 nitrogen and oxygen atoms in total. The smallest absolute Gasteiger partial charge is 0.354 e. The minimum atomic E-state index is -1.10. The number of aromatic carboxylic acids is 1. The largest absolute Gasteiger partial charge is 0.477 e. The number of pyridine rings is 1. The van der Waals surface area contributed by atoms with Gasteiger partial charge in [-0.3, -0.25) is 0 Å². The first-order valence-electron chi connectivity index (χ1n) is 4.17. The summed E-state index contributed by atoms with van der Waals surface area (Å²) in [5.41, 5.74) is 0.479. The normalized spacial score (nSPS) is 10.7. The molecule has 82 valence electrons. The summed E-state index contributed by atoms with van der Waals surface area (Å²) in [4.78, 5) is 14.9. The number of benzene rings is 1. The number of carboxylic acids is 1. The molecule has 0 radical (unpaired) electrons. The fourth-order valence-electron chi connectivity index (χ4n) is 1.32. The molecule has 1 heterocycles. The van der Waals surface area contributed by atoms with Gasteiger partial charge in [-0.15, -0.1) is 0 Å². The Bertz CT molecular complexity index is 601. The van der Waals surface area contributed by atoms with Crippen LogP contribution in [0.3, 0.4) is 0 Å². The van der Waals surface area contributed by atoms with E-state index in [9.17, 15) is 4.79 Å². The van der Waals surface area contributed by atoms with Crippen LogP contribution in [0.1, 0.15) is 10.5 Å². The Morgan fingerprint density at radius 3 is 2.62 bits per heavy atom. The minimum Gasteiger partial charge on any atom is -0.477 e. The molecule has 0 spiro atoms. The van der Waals surface area contributed by atoms with E-state index in [1.807, 2.05) is 22.6 Å². The van der Waals surface area contributed by atoms with Crippen molar-refractivity contribution in [2.24, 2.45) is 0 Å². The average Bonchev–Trinajstić information content (AvgIpc) is 2.19. The van der Waals surface area contributed by atoms with Crippen LogP contribution in [-0.4, -0.2) is 16.1 Å². The summed E-state index contributed by atoms with van der Waals surface area (Å²) < 4.78 is 0.769. The molecule has 2 rings (SSSR count). The molecule has 0 aliphatic heterocycles. The Hall–Kier alpha value is -0.590. The van der Waals surface area contributed by atoms with Crippen LogP contribution >= 0.6 is 45.8 Å². The van der Waals surface area contributed by atoms with Crippen molar-refractivity contribution >= 4 is 62.7 Å². The Labute approximate surface area is 115 Å². The Morgan fingerprint density at radius 1 is 1.31 bits per heavy atom. The molecule has 0 fully saturated rings. The number of fused-ring (bicyclic) bond motifs is 1. The summed E-state index contributed by atoms with van der Waals surface area (Å²) in [6.07, 6.45) is 0. The van der Waals surface area contributed by atoms with Crippen LogP contribution in [0.4, 0.5) is 0 Å². The van der Waals surface area contributed by atoms with E-state index in [4.69, 9.17) is 28.3 Å². The molecule has 2 aromatic rings. The van der Waals surface area contributed by atoms with Gasteiger partial charge in [-0.1, -0.05) is 23.2 Å². The molecule has 0 aliphatic rings. The highest BCUT2D eigenvalue weighted by Gasteiger charge is 2.12. The maximum atomic E-state index is 10.8. The summed E-state index contributed by atoms with van der Waals surface area (Å²) in [6.45, 7) is 0. The molecular weight excluding hydrogens is 364 g/mol. The summed E-state index contributed by atoms with van der Waals surface area (Å²) in [7, 11) is 0. The van der Waals surface area contributed by atoms with Crippen LogP contribution in [0.5, 0.6) is 0 Å². The molecule has 16 heavy (non-hydrogen) atoms. The summed E-state index contributed by atoms with van der Waals surface area (Å²) in [6, 6.07) is 4.69. The molecule has 1 N–H and O–H groups in total. The number of carboxylic acid groups (broad SMARTS) is 1. The lowest BCUT2D eigenvalue weighted by Crippen LogP contribution is -2.01. The second-order valence-corrected chi connectivity index (χ2v) is 5.08. The number of aromatic nitrogens is 1. The molecule has 0 unspecified atom stereocenters. The molecule has 0 atom stereocenters. The van der Waals surface area contributed by atoms with E-state index in [1.165, 1.54) is 6.07 Å². The third kappa shape index (κ3) is 2.09. The van der Waals surface area contributed by atoms with Gasteiger partial charge >= 0.3 is 5.97 Å². The maximum Gasteiger partial charge on any atom is 0.354 e. The number of halogens is 3. The highest BCUT2D eigenvalue weighted by molar-refractivity contribution is 14.1. The van der Waals surface area contributed by atoms with Crippen molar-refractivity contribution in [3.8, 4) is 0 Å². The highest BCUT2D eigenvalue weighted by atomic mass is 127. The third-order valence-corrected chi connectivity index (χ3v) is 3.35. The van der Waals surface area contributed by atoms with Gasteiger partial charge in [-0.05, 0) is 40.8 Å². The lowest BCUT2D eigenvalue weighted by Gasteiger charge is -2.05. The molecule has 1 aromatic heterocycles. The fraction of sp³-hybridized carbons (Fsp3) is 0. The van der Waals surface area contributed by atoms with Gasteiger partial charge in [-0.2, -0.15) is 0 Å². The van der Waals surface area contributed by atoms with E-state index in [1.54, 1.807) is 12.1 Å². The van der Waals surface area contributed by atoms with Gasteiger partial charge in [0, 0.05) is 14.0 Å². The average molecular weight is 368 g/mol. The summed E-state index contributed by atoms with van der Waals surface area (Å²) >= 11 is 13.9. The first kappa shape index (κ1) is 11.9. The Kier molecular flexibility index (Phi) is 3.23. The van der Waals surface area contributed by atoms with E-state index in [0.29, 0.717) is 20.9 Å². The monoisotopic (exact) mass is 367 g/mol. The number of hydrogen-bond acceptors (Lipinski definition) is 2. The van der Waals surface area contributed by atoms with Gasteiger partial charge in [0.15, 0.2) is 0 Å². The first-order valence-corrected chi connectivity index (χ1v) is 6.01. The fourth-order valence-corrected chi connectivity index (χ4v) is 2.72. The van der Waals surface area contributed by atoms with Crippen molar-refractivity contribution in [3.63, 3.8) is 0 Å². The number of hydrogen-bond donors (Lipinski definition) is 1. The molecule has 0 bridgehead atoms. The Morgan fingerprint density at radius 2 is 2.00 bits per heavy atom. The van der Waals surface area contributed by atoms with Crippen LogP contribution in [0, 0.1) is 3.57 Å². The lowest BCUT2D eigenvalue weighted by atomic mass is 10.2. The number of nitrogens with zero attached hydrogens (tertiary/aromatic N) is 1. The lowest BCUT2D eigenvalue weighted by molar-refractivity contribution is 0.0691. The highest BCUT2D eigenvalue weighted by Crippen LogP contribution is 2.29. The summed E-state index contributed by atoms with van der Waals surface area (Å²) in [5, 5.41) is 10.4. The molecule has 0 saturated carbocycles. The van der Waals surface area contributed by atoms with Crippen LogP contribution in [-0.2, 0) is 0 Å². The Balaban J connectivity index is 2.87. The first-order chi connectivity index (χ1) is 7.49. The topological polar surface area (TPSA) is 50.2 Å². The van der Waals surface area contributed by atoms with E-state index < -0.39 is 5.97 Å². The summed E-state index contributed by atoms with van der Waals surface area (Å²) in [5.74, 6) is -1.10. The number of carbonyl (C=O) groups is 1. The van der Waals surface area contributed by atoms with Crippen molar-refractivity contribution in [1.29, 1.82) is 0 Å². The minimum absolute atomic E-state index is 0.0715. The third-order valence-electron chi connectivity index (χ3n) is 2.00. The van der Waals surface area contributed by atoms with Crippen LogP contribution in [0.15, 0.2) is 18.2 Å². The van der Waals surface area contributed by atoms with Gasteiger partial charge in [0.1, 0.15) is 5.69 Å². The van der Waals surface area contributed by atoms with E-state index in [0.717, 1.165) is 3.57 Å². The molecule has 0 aliphatic carbocycles. The predicted octanol–water partition coefficient (Wildman–Crippen LogP) is 3.84. The van der Waals surface area contributed by atoms with Crippen LogP contribution < -0.4 is 0 Å².